The van der Waals surface area contributed by atoms with E-state index in [4.69, 9.17) is 5.11 Å². The molecule has 0 aromatic carbocycles. The third kappa shape index (κ3) is 4.97. The van der Waals surface area contributed by atoms with E-state index in [0.717, 1.165) is 31.7 Å². The van der Waals surface area contributed by atoms with Crippen LogP contribution in [-0.4, -0.2) is 23.7 Å². The third-order valence-corrected chi connectivity index (χ3v) is 3.54. The number of carbonyl (C=O) groups is 1. The second kappa shape index (κ2) is 7.66. The topological polar surface area (TPSA) is 49.3 Å². The van der Waals surface area contributed by atoms with E-state index in [2.05, 4.69) is 5.32 Å². The van der Waals surface area contributed by atoms with Crippen LogP contribution in [0, 0.1) is 5.92 Å². The highest BCUT2D eigenvalue weighted by Crippen LogP contribution is 2.25. The van der Waals surface area contributed by atoms with Gasteiger partial charge < -0.3 is 10.4 Å². The summed E-state index contributed by atoms with van der Waals surface area (Å²) >= 11 is 0. The van der Waals surface area contributed by atoms with Crippen molar-refractivity contribution in [2.24, 2.45) is 5.92 Å². The lowest BCUT2D eigenvalue weighted by molar-refractivity contribution is -0.139. The molecule has 0 radical (unpaired) electrons. The lowest BCUT2D eigenvalue weighted by Gasteiger charge is -2.22. The van der Waals surface area contributed by atoms with Crippen LogP contribution in [0.2, 0.25) is 0 Å². The summed E-state index contributed by atoms with van der Waals surface area (Å²) < 4.78 is 0. The molecule has 0 saturated heterocycles. The molecule has 3 nitrogen and oxygen atoms in total. The van der Waals surface area contributed by atoms with Crippen molar-refractivity contribution in [1.82, 2.24) is 5.32 Å². The zero-order chi connectivity index (χ0) is 11.8. The van der Waals surface area contributed by atoms with Crippen LogP contribution in [0.25, 0.3) is 0 Å². The van der Waals surface area contributed by atoms with Crippen LogP contribution in [0.3, 0.4) is 0 Å². The molecule has 0 aromatic heterocycles. The Morgan fingerprint density at radius 3 is 2.62 bits per heavy atom. The lowest BCUT2D eigenvalue weighted by atomic mass is 9.87. The summed E-state index contributed by atoms with van der Waals surface area (Å²) in [6.45, 7) is 2.89. The summed E-state index contributed by atoms with van der Waals surface area (Å²) in [4.78, 5) is 10.9. The van der Waals surface area contributed by atoms with Gasteiger partial charge in [0.2, 0.25) is 0 Å². The van der Waals surface area contributed by atoms with Gasteiger partial charge in [-0.2, -0.15) is 0 Å². The zero-order valence-corrected chi connectivity index (χ0v) is 10.4. The van der Waals surface area contributed by atoms with Gasteiger partial charge in [-0.25, -0.2) is 0 Å². The number of carboxylic acids is 1. The summed E-state index contributed by atoms with van der Waals surface area (Å²) in [6.07, 6.45) is 9.60. The van der Waals surface area contributed by atoms with Gasteiger partial charge in [0.05, 0.1) is 0 Å². The molecule has 0 amide bonds. The van der Waals surface area contributed by atoms with Crippen LogP contribution < -0.4 is 5.32 Å². The molecule has 1 fully saturated rings. The molecule has 0 bridgehead atoms. The summed E-state index contributed by atoms with van der Waals surface area (Å²) in [5.74, 6) is 0.128. The second-order valence-electron chi connectivity index (χ2n) is 4.93. The van der Waals surface area contributed by atoms with Crippen LogP contribution in [0.1, 0.15) is 58.3 Å². The third-order valence-electron chi connectivity index (χ3n) is 3.54. The molecule has 3 heteroatoms. The van der Waals surface area contributed by atoms with Crippen molar-refractivity contribution in [2.75, 3.05) is 6.54 Å². The van der Waals surface area contributed by atoms with Crippen molar-refractivity contribution in [3.63, 3.8) is 0 Å². The molecule has 0 aliphatic heterocycles. The molecule has 1 aliphatic rings. The Hall–Kier alpha value is -0.570. The molecule has 0 aromatic rings. The van der Waals surface area contributed by atoms with Gasteiger partial charge in [0.25, 0.3) is 0 Å². The van der Waals surface area contributed by atoms with E-state index in [9.17, 15) is 4.79 Å². The Kier molecular flexibility index (Phi) is 6.46. The average Bonchev–Trinajstić information content (AvgIpc) is 2.29. The molecular weight excluding hydrogens is 202 g/mol. The van der Waals surface area contributed by atoms with Crippen molar-refractivity contribution in [3.8, 4) is 0 Å². The van der Waals surface area contributed by atoms with Crippen LogP contribution in [0.5, 0.6) is 0 Å². The van der Waals surface area contributed by atoms with Crippen molar-refractivity contribution in [3.05, 3.63) is 0 Å². The molecule has 1 atom stereocenters. The molecule has 0 heterocycles. The fraction of sp³-hybridized carbons (Fsp3) is 0.923. The number of hydrogen-bond donors (Lipinski definition) is 2. The van der Waals surface area contributed by atoms with E-state index in [1.54, 1.807) is 0 Å². The molecule has 1 aliphatic carbocycles. The monoisotopic (exact) mass is 227 g/mol. The van der Waals surface area contributed by atoms with E-state index < -0.39 is 5.97 Å². The zero-order valence-electron chi connectivity index (χ0n) is 10.4. The first-order chi connectivity index (χ1) is 7.74. The highest BCUT2D eigenvalue weighted by Gasteiger charge is 2.17. The van der Waals surface area contributed by atoms with Crippen molar-refractivity contribution in [2.45, 2.75) is 64.3 Å². The predicted molar refractivity (Wildman–Crippen MR) is 65.5 cm³/mol. The second-order valence-corrected chi connectivity index (χ2v) is 4.93. The summed E-state index contributed by atoms with van der Waals surface area (Å²) in [6, 6.07) is -0.339. The maximum absolute atomic E-state index is 10.9. The Morgan fingerprint density at radius 1 is 1.38 bits per heavy atom. The van der Waals surface area contributed by atoms with Crippen LogP contribution >= 0.6 is 0 Å². The minimum absolute atomic E-state index is 0.339. The molecule has 1 rings (SSSR count). The Labute approximate surface area is 98.6 Å². The van der Waals surface area contributed by atoms with Gasteiger partial charge in [0.15, 0.2) is 0 Å². The Bertz CT molecular complexity index is 200. The smallest absolute Gasteiger partial charge is 0.320 e. The minimum atomic E-state index is -0.703. The highest BCUT2D eigenvalue weighted by atomic mass is 16.4. The fourth-order valence-corrected chi connectivity index (χ4v) is 2.54. The van der Waals surface area contributed by atoms with Crippen molar-refractivity contribution in [1.29, 1.82) is 0 Å². The molecule has 2 N–H and O–H groups in total. The SMILES string of the molecule is CCCC(NCCC1CCCCC1)C(=O)O. The first-order valence-electron chi connectivity index (χ1n) is 6.70. The van der Waals surface area contributed by atoms with E-state index >= 15 is 0 Å². The molecular formula is C13H25NO2. The minimum Gasteiger partial charge on any atom is -0.480 e. The van der Waals surface area contributed by atoms with E-state index in [1.807, 2.05) is 6.92 Å². The maximum atomic E-state index is 10.9. The summed E-state index contributed by atoms with van der Waals surface area (Å²) in [5.41, 5.74) is 0. The van der Waals surface area contributed by atoms with E-state index in [1.165, 1.54) is 32.1 Å². The van der Waals surface area contributed by atoms with Crippen molar-refractivity contribution >= 4 is 5.97 Å². The standard InChI is InChI=1S/C13H25NO2/c1-2-6-12(13(15)16)14-10-9-11-7-4-3-5-8-11/h11-12,14H,2-10H2,1H3,(H,15,16). The maximum Gasteiger partial charge on any atom is 0.320 e. The largest absolute Gasteiger partial charge is 0.480 e. The predicted octanol–water partition coefficient (Wildman–Crippen LogP) is 2.80. The first-order valence-corrected chi connectivity index (χ1v) is 6.70. The number of aliphatic carboxylic acids is 1. The number of rotatable bonds is 7. The van der Waals surface area contributed by atoms with Gasteiger partial charge in [-0.15, -0.1) is 0 Å². The fourth-order valence-electron chi connectivity index (χ4n) is 2.54. The number of nitrogens with one attached hydrogen (secondary N) is 1. The highest BCUT2D eigenvalue weighted by molar-refractivity contribution is 5.73. The van der Waals surface area contributed by atoms with Crippen LogP contribution in [0.4, 0.5) is 0 Å². The molecule has 1 saturated carbocycles. The Balaban J connectivity index is 2.13. The molecule has 1 unspecified atom stereocenters. The van der Waals surface area contributed by atoms with E-state index in [-0.39, 0.29) is 6.04 Å². The Morgan fingerprint density at radius 2 is 2.06 bits per heavy atom. The van der Waals surface area contributed by atoms with Gasteiger partial charge in [-0.05, 0) is 25.3 Å². The molecule has 0 spiro atoms. The van der Waals surface area contributed by atoms with E-state index in [0.29, 0.717) is 0 Å². The van der Waals surface area contributed by atoms with Crippen molar-refractivity contribution < 1.29 is 9.90 Å². The van der Waals surface area contributed by atoms with Crippen LogP contribution in [-0.2, 0) is 4.79 Å². The van der Waals surface area contributed by atoms with Gasteiger partial charge in [-0.1, -0.05) is 45.4 Å². The van der Waals surface area contributed by atoms with Gasteiger partial charge in [0, 0.05) is 0 Å². The molecule has 16 heavy (non-hydrogen) atoms. The lowest BCUT2D eigenvalue weighted by Crippen LogP contribution is -2.37. The first kappa shape index (κ1) is 13.5. The summed E-state index contributed by atoms with van der Waals surface area (Å²) in [7, 11) is 0. The summed E-state index contributed by atoms with van der Waals surface area (Å²) in [5, 5.41) is 12.1. The normalized spacial score (nSPS) is 19.6. The van der Waals surface area contributed by atoms with Gasteiger partial charge >= 0.3 is 5.97 Å². The average molecular weight is 227 g/mol. The number of carboxylic acid groups (broad SMARTS) is 1. The number of hydrogen-bond acceptors (Lipinski definition) is 2. The van der Waals surface area contributed by atoms with Crippen LogP contribution in [0.15, 0.2) is 0 Å². The quantitative estimate of drug-likeness (QED) is 0.703. The molecule has 94 valence electrons. The van der Waals surface area contributed by atoms with Gasteiger partial charge in [-0.3, -0.25) is 4.79 Å². The van der Waals surface area contributed by atoms with Gasteiger partial charge in [0.1, 0.15) is 6.04 Å².